The van der Waals surface area contributed by atoms with E-state index in [1.165, 1.54) is 0 Å². The number of aromatic nitrogens is 4. The third kappa shape index (κ3) is 3.88. The van der Waals surface area contributed by atoms with Gasteiger partial charge in [-0.2, -0.15) is 5.10 Å². The van der Waals surface area contributed by atoms with Gasteiger partial charge in [-0.3, -0.25) is 14.6 Å². The Balaban J connectivity index is 2.10. The van der Waals surface area contributed by atoms with Crippen LogP contribution in [0.5, 0.6) is 0 Å². The predicted molar refractivity (Wildman–Crippen MR) is 84.1 cm³/mol. The van der Waals surface area contributed by atoms with Gasteiger partial charge in [-0.05, 0) is 32.9 Å². The molecule has 5 heteroatoms. The molecule has 0 aliphatic carbocycles. The van der Waals surface area contributed by atoms with Gasteiger partial charge < -0.3 is 5.32 Å². The molecule has 114 valence electrons. The maximum Gasteiger partial charge on any atom is 0.0760 e. The van der Waals surface area contributed by atoms with Crippen LogP contribution in [0.4, 0.5) is 0 Å². The lowest BCUT2D eigenvalue weighted by Gasteiger charge is -2.15. The van der Waals surface area contributed by atoms with Crippen LogP contribution in [0.25, 0.3) is 0 Å². The Labute approximate surface area is 126 Å². The molecule has 1 atom stereocenters. The summed E-state index contributed by atoms with van der Waals surface area (Å²) in [4.78, 5) is 8.78. The van der Waals surface area contributed by atoms with Gasteiger partial charge >= 0.3 is 0 Å². The Kier molecular flexibility index (Phi) is 5.44. The van der Waals surface area contributed by atoms with Gasteiger partial charge in [0.2, 0.25) is 0 Å². The van der Waals surface area contributed by atoms with Crippen LogP contribution in [-0.2, 0) is 6.42 Å². The van der Waals surface area contributed by atoms with E-state index in [0.717, 1.165) is 36.3 Å². The molecule has 0 radical (unpaired) electrons. The molecule has 1 unspecified atom stereocenters. The van der Waals surface area contributed by atoms with Crippen molar-refractivity contribution in [1.29, 1.82) is 0 Å². The van der Waals surface area contributed by atoms with Crippen LogP contribution in [0.2, 0.25) is 0 Å². The van der Waals surface area contributed by atoms with Gasteiger partial charge in [0.1, 0.15) is 0 Å². The smallest absolute Gasteiger partial charge is 0.0760 e. The van der Waals surface area contributed by atoms with E-state index in [1.54, 1.807) is 0 Å². The molecular formula is C16H25N5. The number of likely N-dealkylation sites (N-methyl/N-ethyl adjacent to an activating group) is 1. The molecule has 21 heavy (non-hydrogen) atoms. The van der Waals surface area contributed by atoms with Crippen molar-refractivity contribution in [2.45, 2.75) is 52.1 Å². The molecule has 0 spiro atoms. The first-order chi connectivity index (χ1) is 10.2. The summed E-state index contributed by atoms with van der Waals surface area (Å²) in [5.41, 5.74) is 2.98. The number of nitrogens with one attached hydrogen (secondary N) is 1. The summed E-state index contributed by atoms with van der Waals surface area (Å²) >= 11 is 0. The molecule has 0 amide bonds. The molecule has 0 saturated carbocycles. The first-order valence-corrected chi connectivity index (χ1v) is 7.67. The normalized spacial score (nSPS) is 12.8. The van der Waals surface area contributed by atoms with Crippen LogP contribution in [0.1, 0.15) is 55.9 Å². The summed E-state index contributed by atoms with van der Waals surface area (Å²) in [6, 6.07) is 2.73. The van der Waals surface area contributed by atoms with E-state index in [9.17, 15) is 0 Å². The zero-order valence-corrected chi connectivity index (χ0v) is 13.4. The van der Waals surface area contributed by atoms with Gasteiger partial charge in [-0.25, -0.2) is 0 Å². The zero-order valence-electron chi connectivity index (χ0n) is 13.4. The third-order valence-corrected chi connectivity index (χ3v) is 3.90. The second kappa shape index (κ2) is 7.31. The lowest BCUT2D eigenvalue weighted by Crippen LogP contribution is -2.21. The second-order valence-corrected chi connectivity index (χ2v) is 5.39. The zero-order chi connectivity index (χ0) is 15.2. The van der Waals surface area contributed by atoms with Crippen LogP contribution < -0.4 is 5.32 Å². The monoisotopic (exact) mass is 287 g/mol. The number of aryl methyl sites for hydroxylation is 1. The van der Waals surface area contributed by atoms with Crippen LogP contribution in [0, 0.1) is 6.92 Å². The lowest BCUT2D eigenvalue weighted by atomic mass is 10.1. The molecule has 2 heterocycles. The van der Waals surface area contributed by atoms with Crippen LogP contribution in [0.3, 0.4) is 0 Å². The van der Waals surface area contributed by atoms with Gasteiger partial charge in [0.25, 0.3) is 0 Å². The third-order valence-electron chi connectivity index (χ3n) is 3.90. The molecule has 0 bridgehead atoms. The molecule has 0 aliphatic heterocycles. The van der Waals surface area contributed by atoms with Crippen molar-refractivity contribution in [3.8, 4) is 0 Å². The van der Waals surface area contributed by atoms with Crippen molar-refractivity contribution in [2.75, 3.05) is 7.05 Å². The summed E-state index contributed by atoms with van der Waals surface area (Å²) in [5, 5.41) is 8.01. The van der Waals surface area contributed by atoms with Crippen LogP contribution >= 0.6 is 0 Å². The van der Waals surface area contributed by atoms with Crippen molar-refractivity contribution >= 4 is 0 Å². The standard InChI is InChI=1S/C16H25N5/c1-5-14(6-2)21-8-7-13(20-21)9-15(17-4)16-11-18-12(3)10-19-16/h7-8,10-11,14-15,17H,5-6,9H2,1-4H3. The number of nitrogens with zero attached hydrogens (tertiary/aromatic N) is 4. The lowest BCUT2D eigenvalue weighted by molar-refractivity contribution is 0.423. The SMILES string of the molecule is CCC(CC)n1ccc(CC(NC)c2cnc(C)cn2)n1. The van der Waals surface area contributed by atoms with Crippen molar-refractivity contribution in [2.24, 2.45) is 0 Å². The van der Waals surface area contributed by atoms with Gasteiger partial charge in [0, 0.05) is 18.8 Å². The Hall–Kier alpha value is -1.75. The fourth-order valence-corrected chi connectivity index (χ4v) is 2.50. The Bertz CT molecular complexity index is 542. The molecule has 2 aromatic heterocycles. The van der Waals surface area contributed by atoms with E-state index < -0.39 is 0 Å². The summed E-state index contributed by atoms with van der Waals surface area (Å²) in [6.07, 6.45) is 8.77. The van der Waals surface area contributed by atoms with Crippen molar-refractivity contribution in [3.63, 3.8) is 0 Å². The molecule has 0 aromatic carbocycles. The molecule has 5 nitrogen and oxygen atoms in total. The maximum absolute atomic E-state index is 4.71. The van der Waals surface area contributed by atoms with Crippen molar-refractivity contribution < 1.29 is 0 Å². The molecular weight excluding hydrogens is 262 g/mol. The fraction of sp³-hybridized carbons (Fsp3) is 0.562. The van der Waals surface area contributed by atoms with Crippen LogP contribution in [0.15, 0.2) is 24.7 Å². The first-order valence-electron chi connectivity index (χ1n) is 7.67. The van der Waals surface area contributed by atoms with E-state index in [2.05, 4.69) is 46.1 Å². The van der Waals surface area contributed by atoms with E-state index in [1.807, 2.05) is 26.4 Å². The summed E-state index contributed by atoms with van der Waals surface area (Å²) in [7, 11) is 1.95. The van der Waals surface area contributed by atoms with Gasteiger partial charge in [0.05, 0.1) is 35.4 Å². The largest absolute Gasteiger partial charge is 0.311 e. The van der Waals surface area contributed by atoms with Crippen LogP contribution in [-0.4, -0.2) is 26.8 Å². The molecule has 0 fully saturated rings. The second-order valence-electron chi connectivity index (χ2n) is 5.39. The minimum Gasteiger partial charge on any atom is -0.311 e. The fourth-order valence-electron chi connectivity index (χ4n) is 2.50. The van der Waals surface area contributed by atoms with Gasteiger partial charge in [-0.1, -0.05) is 13.8 Å². The maximum atomic E-state index is 4.71. The van der Waals surface area contributed by atoms with E-state index in [-0.39, 0.29) is 6.04 Å². The van der Waals surface area contributed by atoms with E-state index >= 15 is 0 Å². The molecule has 0 saturated heterocycles. The average molecular weight is 287 g/mol. The molecule has 0 aliphatic rings. The van der Waals surface area contributed by atoms with Crippen molar-refractivity contribution in [3.05, 3.63) is 41.7 Å². The van der Waals surface area contributed by atoms with E-state index in [0.29, 0.717) is 6.04 Å². The number of hydrogen-bond acceptors (Lipinski definition) is 4. The van der Waals surface area contributed by atoms with Gasteiger partial charge in [-0.15, -0.1) is 0 Å². The average Bonchev–Trinajstić information content (AvgIpc) is 2.96. The molecule has 1 N–H and O–H groups in total. The molecule has 2 aromatic rings. The number of rotatable bonds is 7. The first kappa shape index (κ1) is 15.6. The summed E-state index contributed by atoms with van der Waals surface area (Å²) in [6.45, 7) is 6.35. The highest BCUT2D eigenvalue weighted by Crippen LogP contribution is 2.18. The topological polar surface area (TPSA) is 55.6 Å². The predicted octanol–water partition coefficient (Wildman–Crippen LogP) is 2.85. The minimum atomic E-state index is 0.142. The quantitative estimate of drug-likeness (QED) is 0.851. The van der Waals surface area contributed by atoms with E-state index in [4.69, 9.17) is 5.10 Å². The highest BCUT2D eigenvalue weighted by molar-refractivity contribution is 5.11. The minimum absolute atomic E-state index is 0.142. The highest BCUT2D eigenvalue weighted by Gasteiger charge is 2.15. The Morgan fingerprint density at radius 1 is 1.19 bits per heavy atom. The Morgan fingerprint density at radius 3 is 2.52 bits per heavy atom. The number of hydrogen-bond donors (Lipinski definition) is 1. The molecule has 2 rings (SSSR count). The summed E-state index contributed by atoms with van der Waals surface area (Å²) < 4.78 is 2.09. The summed E-state index contributed by atoms with van der Waals surface area (Å²) in [5.74, 6) is 0. The van der Waals surface area contributed by atoms with Crippen molar-refractivity contribution in [1.82, 2.24) is 25.1 Å². The van der Waals surface area contributed by atoms with Gasteiger partial charge in [0.15, 0.2) is 0 Å². The Morgan fingerprint density at radius 2 is 1.95 bits per heavy atom. The highest BCUT2D eigenvalue weighted by atomic mass is 15.3.